The zero-order valence-electron chi connectivity index (χ0n) is 11.0. The first-order chi connectivity index (χ1) is 8.91. The number of aromatic nitrogens is 1. The lowest BCUT2D eigenvalue weighted by Crippen LogP contribution is -2.38. The Morgan fingerprint density at radius 3 is 2.68 bits per heavy atom. The lowest BCUT2D eigenvalue weighted by Gasteiger charge is -2.26. The van der Waals surface area contributed by atoms with Crippen LogP contribution in [-0.2, 0) is 4.79 Å². The smallest absolute Gasteiger partial charge is 0.303 e. The van der Waals surface area contributed by atoms with E-state index in [2.05, 4.69) is 4.98 Å². The van der Waals surface area contributed by atoms with Crippen molar-refractivity contribution in [2.45, 2.75) is 32.7 Å². The summed E-state index contributed by atoms with van der Waals surface area (Å²) in [5.41, 5.74) is 0.219. The van der Waals surface area contributed by atoms with Gasteiger partial charge in [-0.05, 0) is 26.3 Å². The van der Waals surface area contributed by atoms with Crippen molar-refractivity contribution in [3.63, 3.8) is 0 Å². The summed E-state index contributed by atoms with van der Waals surface area (Å²) in [4.78, 5) is 27.6. The van der Waals surface area contributed by atoms with E-state index in [1.807, 2.05) is 13.8 Å². The van der Waals surface area contributed by atoms with E-state index in [0.717, 1.165) is 6.07 Å². The fourth-order valence-electron chi connectivity index (χ4n) is 1.70. The van der Waals surface area contributed by atoms with Crippen molar-refractivity contribution in [3.05, 3.63) is 29.8 Å². The average molecular weight is 268 g/mol. The molecule has 0 aliphatic carbocycles. The third kappa shape index (κ3) is 4.65. The molecule has 1 aromatic heterocycles. The molecule has 19 heavy (non-hydrogen) atoms. The van der Waals surface area contributed by atoms with Crippen LogP contribution in [0.3, 0.4) is 0 Å². The van der Waals surface area contributed by atoms with Crippen molar-refractivity contribution in [3.8, 4) is 0 Å². The molecule has 0 fully saturated rings. The van der Waals surface area contributed by atoms with Gasteiger partial charge in [-0.1, -0.05) is 0 Å². The van der Waals surface area contributed by atoms with Crippen molar-refractivity contribution >= 4 is 11.9 Å². The van der Waals surface area contributed by atoms with Crippen molar-refractivity contribution in [2.75, 3.05) is 6.54 Å². The van der Waals surface area contributed by atoms with Gasteiger partial charge < -0.3 is 10.0 Å². The molecule has 1 N–H and O–H groups in total. The van der Waals surface area contributed by atoms with Gasteiger partial charge in [0.15, 0.2) is 0 Å². The predicted molar refractivity (Wildman–Crippen MR) is 67.2 cm³/mol. The Balaban J connectivity index is 2.75. The number of carboxylic acid groups (broad SMARTS) is 1. The monoisotopic (exact) mass is 268 g/mol. The van der Waals surface area contributed by atoms with E-state index < -0.39 is 11.9 Å². The number of aliphatic carboxylic acids is 1. The van der Waals surface area contributed by atoms with Crippen LogP contribution in [0.15, 0.2) is 18.3 Å². The van der Waals surface area contributed by atoms with E-state index in [9.17, 15) is 14.0 Å². The minimum atomic E-state index is -0.897. The molecule has 1 heterocycles. The summed E-state index contributed by atoms with van der Waals surface area (Å²) in [5, 5.41) is 8.60. The van der Waals surface area contributed by atoms with E-state index in [1.54, 1.807) is 0 Å². The lowest BCUT2D eigenvalue weighted by atomic mass is 10.2. The summed E-state index contributed by atoms with van der Waals surface area (Å²) in [6.07, 6.45) is 1.60. The molecule has 0 aliphatic heterocycles. The Morgan fingerprint density at radius 1 is 1.47 bits per heavy atom. The number of carbonyl (C=O) groups excluding carboxylic acids is 1. The van der Waals surface area contributed by atoms with Crippen LogP contribution < -0.4 is 0 Å². The van der Waals surface area contributed by atoms with Crippen molar-refractivity contribution in [1.82, 2.24) is 9.88 Å². The molecule has 0 atom stereocenters. The molecule has 0 radical (unpaired) electrons. The van der Waals surface area contributed by atoms with Crippen molar-refractivity contribution < 1.29 is 19.1 Å². The number of halogens is 1. The molecule has 0 saturated carbocycles. The van der Waals surface area contributed by atoms with Gasteiger partial charge in [0.25, 0.3) is 5.91 Å². The first-order valence-electron chi connectivity index (χ1n) is 6.06. The minimum Gasteiger partial charge on any atom is -0.481 e. The maximum atomic E-state index is 13.0. The summed E-state index contributed by atoms with van der Waals surface area (Å²) >= 11 is 0. The van der Waals surface area contributed by atoms with Gasteiger partial charge in [-0.15, -0.1) is 0 Å². The number of amides is 1. The standard InChI is InChI=1S/C13H17FN2O3/c1-9(2)16(7-3-4-12(17)18)13(19)10-5-6-15-11(14)8-10/h5-6,8-9H,3-4,7H2,1-2H3,(H,17,18). The summed E-state index contributed by atoms with van der Waals surface area (Å²) in [7, 11) is 0. The quantitative estimate of drug-likeness (QED) is 0.800. The number of rotatable bonds is 6. The van der Waals surface area contributed by atoms with Crippen LogP contribution in [0, 0.1) is 5.95 Å². The fraction of sp³-hybridized carbons (Fsp3) is 0.462. The summed E-state index contributed by atoms with van der Waals surface area (Å²) in [6.45, 7) is 3.99. The second-order valence-electron chi connectivity index (χ2n) is 4.46. The topological polar surface area (TPSA) is 70.5 Å². The van der Waals surface area contributed by atoms with Crippen LogP contribution in [-0.4, -0.2) is 39.5 Å². The van der Waals surface area contributed by atoms with Gasteiger partial charge in [0.05, 0.1) is 0 Å². The van der Waals surface area contributed by atoms with Gasteiger partial charge in [-0.3, -0.25) is 9.59 Å². The van der Waals surface area contributed by atoms with E-state index in [0.29, 0.717) is 13.0 Å². The number of carboxylic acids is 1. The third-order valence-corrected chi connectivity index (χ3v) is 2.65. The number of pyridine rings is 1. The van der Waals surface area contributed by atoms with Crippen LogP contribution in [0.1, 0.15) is 37.0 Å². The van der Waals surface area contributed by atoms with Crippen LogP contribution in [0.4, 0.5) is 4.39 Å². The molecule has 1 rings (SSSR count). The first kappa shape index (κ1) is 15.1. The maximum Gasteiger partial charge on any atom is 0.303 e. The summed E-state index contributed by atoms with van der Waals surface area (Å²) in [5.74, 6) is -1.92. The number of carbonyl (C=O) groups is 2. The highest BCUT2D eigenvalue weighted by atomic mass is 19.1. The molecule has 1 aromatic rings. The molecule has 0 unspecified atom stereocenters. The predicted octanol–water partition coefficient (Wildman–Crippen LogP) is 1.94. The van der Waals surface area contributed by atoms with E-state index in [-0.39, 0.29) is 23.9 Å². The van der Waals surface area contributed by atoms with Gasteiger partial charge in [0, 0.05) is 36.8 Å². The lowest BCUT2D eigenvalue weighted by molar-refractivity contribution is -0.137. The Hall–Kier alpha value is -1.98. The van der Waals surface area contributed by atoms with Gasteiger partial charge in [-0.25, -0.2) is 4.98 Å². The molecule has 0 spiro atoms. The SMILES string of the molecule is CC(C)N(CCCC(=O)O)C(=O)c1ccnc(F)c1. The highest BCUT2D eigenvalue weighted by Gasteiger charge is 2.19. The minimum absolute atomic E-state index is 0.00120. The number of nitrogens with zero attached hydrogens (tertiary/aromatic N) is 2. The molecule has 0 aliphatic rings. The van der Waals surface area contributed by atoms with E-state index in [4.69, 9.17) is 5.11 Å². The largest absolute Gasteiger partial charge is 0.481 e. The Morgan fingerprint density at radius 2 is 2.16 bits per heavy atom. The molecule has 0 aromatic carbocycles. The maximum absolute atomic E-state index is 13.0. The second kappa shape index (κ2) is 6.82. The zero-order chi connectivity index (χ0) is 14.4. The van der Waals surface area contributed by atoms with Crippen molar-refractivity contribution in [2.24, 2.45) is 0 Å². The Labute approximate surface area is 111 Å². The van der Waals surface area contributed by atoms with Gasteiger partial charge >= 0.3 is 5.97 Å². The van der Waals surface area contributed by atoms with Gasteiger partial charge in [-0.2, -0.15) is 4.39 Å². The zero-order valence-corrected chi connectivity index (χ0v) is 11.0. The third-order valence-electron chi connectivity index (χ3n) is 2.65. The number of hydrogen-bond acceptors (Lipinski definition) is 3. The molecule has 6 heteroatoms. The highest BCUT2D eigenvalue weighted by molar-refractivity contribution is 5.94. The molecular weight excluding hydrogens is 251 g/mol. The van der Waals surface area contributed by atoms with Crippen LogP contribution >= 0.6 is 0 Å². The highest BCUT2D eigenvalue weighted by Crippen LogP contribution is 2.10. The van der Waals surface area contributed by atoms with E-state index in [1.165, 1.54) is 17.2 Å². The molecule has 0 bridgehead atoms. The van der Waals surface area contributed by atoms with Crippen LogP contribution in [0.2, 0.25) is 0 Å². The molecule has 104 valence electrons. The Bertz CT molecular complexity index is 463. The first-order valence-corrected chi connectivity index (χ1v) is 6.06. The van der Waals surface area contributed by atoms with Gasteiger partial charge in [0.2, 0.25) is 5.95 Å². The number of hydrogen-bond donors (Lipinski definition) is 1. The molecule has 0 saturated heterocycles. The molecule has 1 amide bonds. The second-order valence-corrected chi connectivity index (χ2v) is 4.46. The van der Waals surface area contributed by atoms with Crippen LogP contribution in [0.25, 0.3) is 0 Å². The summed E-state index contributed by atoms with van der Waals surface area (Å²) < 4.78 is 13.0. The summed E-state index contributed by atoms with van der Waals surface area (Å²) in [6, 6.07) is 2.44. The average Bonchev–Trinajstić information content (AvgIpc) is 2.33. The van der Waals surface area contributed by atoms with E-state index >= 15 is 0 Å². The fourth-order valence-corrected chi connectivity index (χ4v) is 1.70. The normalized spacial score (nSPS) is 10.5. The molecular formula is C13H17FN2O3. The molecule has 5 nitrogen and oxygen atoms in total. The van der Waals surface area contributed by atoms with Crippen LogP contribution in [0.5, 0.6) is 0 Å². The Kier molecular flexibility index (Phi) is 5.41. The van der Waals surface area contributed by atoms with Gasteiger partial charge in [0.1, 0.15) is 0 Å². The van der Waals surface area contributed by atoms with Crippen molar-refractivity contribution in [1.29, 1.82) is 0 Å².